The summed E-state index contributed by atoms with van der Waals surface area (Å²) in [6.07, 6.45) is 5.31. The lowest BCUT2D eigenvalue weighted by molar-refractivity contribution is -0.287. The summed E-state index contributed by atoms with van der Waals surface area (Å²) in [5.74, 6) is -2.99. The number of nitrogens with zero attached hydrogens (tertiary/aromatic N) is 1. The van der Waals surface area contributed by atoms with Gasteiger partial charge < -0.3 is 9.84 Å². The summed E-state index contributed by atoms with van der Waals surface area (Å²) in [5, 5.41) is 9.38. The van der Waals surface area contributed by atoms with Gasteiger partial charge in [0.2, 0.25) is 0 Å². The molecule has 2 rings (SSSR count). The van der Waals surface area contributed by atoms with Gasteiger partial charge in [0.05, 0.1) is 0 Å². The molecule has 1 atom stereocenters. The van der Waals surface area contributed by atoms with E-state index in [0.29, 0.717) is 25.9 Å². The Morgan fingerprint density at radius 3 is 2.28 bits per heavy atom. The van der Waals surface area contributed by atoms with Crippen LogP contribution >= 0.6 is 0 Å². The molecule has 1 N–H and O–H groups in total. The maximum absolute atomic E-state index is 14.6. The van der Waals surface area contributed by atoms with Crippen molar-refractivity contribution in [1.82, 2.24) is 4.90 Å². The van der Waals surface area contributed by atoms with Crippen LogP contribution in [0.5, 0.6) is 0 Å². The molecular formula is C13H22FNO3. The number of ether oxygens (including phenoxy) is 1. The van der Waals surface area contributed by atoms with E-state index in [9.17, 15) is 14.3 Å². The van der Waals surface area contributed by atoms with E-state index in [1.165, 1.54) is 6.92 Å². The van der Waals surface area contributed by atoms with Crippen molar-refractivity contribution < 1.29 is 19.0 Å². The van der Waals surface area contributed by atoms with Crippen LogP contribution in [0.25, 0.3) is 0 Å². The first kappa shape index (κ1) is 13.7. The molecule has 1 aliphatic heterocycles. The number of carboxylic acids is 1. The van der Waals surface area contributed by atoms with Gasteiger partial charge in [-0.15, -0.1) is 0 Å². The van der Waals surface area contributed by atoms with Crippen LogP contribution in [0.4, 0.5) is 4.39 Å². The van der Waals surface area contributed by atoms with Crippen molar-refractivity contribution in [2.75, 3.05) is 13.1 Å². The van der Waals surface area contributed by atoms with Gasteiger partial charge in [-0.05, 0) is 38.5 Å². The van der Waals surface area contributed by atoms with E-state index in [1.54, 1.807) is 4.90 Å². The number of alkyl halides is 1. The molecule has 2 aliphatic rings. The molecule has 0 amide bonds. The number of hydrogen-bond acceptors (Lipinski definition) is 3. The van der Waals surface area contributed by atoms with Crippen molar-refractivity contribution in [2.24, 2.45) is 0 Å². The quantitative estimate of drug-likeness (QED) is 0.788. The second-order valence-corrected chi connectivity index (χ2v) is 5.53. The highest BCUT2D eigenvalue weighted by Crippen LogP contribution is 2.38. The first-order chi connectivity index (χ1) is 8.46. The highest BCUT2D eigenvalue weighted by atomic mass is 19.2. The van der Waals surface area contributed by atoms with Gasteiger partial charge in [0.25, 0.3) is 5.98 Å². The normalized spacial score (nSPS) is 27.9. The zero-order valence-corrected chi connectivity index (χ0v) is 11.0. The summed E-state index contributed by atoms with van der Waals surface area (Å²) in [7, 11) is 0. The van der Waals surface area contributed by atoms with E-state index >= 15 is 0 Å². The molecule has 2 fully saturated rings. The van der Waals surface area contributed by atoms with Crippen LogP contribution in [0.3, 0.4) is 0 Å². The minimum atomic E-state index is -1.97. The van der Waals surface area contributed by atoms with E-state index < -0.39 is 17.5 Å². The Hall–Kier alpha value is -0.680. The fraction of sp³-hybridized carbons (Fsp3) is 0.923. The van der Waals surface area contributed by atoms with Crippen LogP contribution in [0.2, 0.25) is 0 Å². The Bertz CT molecular complexity index is 307. The fourth-order valence-electron chi connectivity index (χ4n) is 3.02. The number of carboxylic acid groups (broad SMARTS) is 1. The van der Waals surface area contributed by atoms with Gasteiger partial charge in [-0.2, -0.15) is 4.39 Å². The predicted molar refractivity (Wildman–Crippen MR) is 64.9 cm³/mol. The summed E-state index contributed by atoms with van der Waals surface area (Å²) >= 11 is 0. The molecule has 18 heavy (non-hydrogen) atoms. The van der Waals surface area contributed by atoms with E-state index in [1.807, 2.05) is 0 Å². The Morgan fingerprint density at radius 2 is 1.78 bits per heavy atom. The van der Waals surface area contributed by atoms with Gasteiger partial charge in [-0.25, -0.2) is 9.69 Å². The highest BCUT2D eigenvalue weighted by Gasteiger charge is 2.49. The van der Waals surface area contributed by atoms with Crippen LogP contribution in [0, 0.1) is 0 Å². The maximum Gasteiger partial charge on any atom is 0.336 e. The molecule has 1 saturated carbocycles. The van der Waals surface area contributed by atoms with Crippen LogP contribution in [0.15, 0.2) is 0 Å². The third-order valence-corrected chi connectivity index (χ3v) is 4.10. The van der Waals surface area contributed by atoms with E-state index in [0.717, 1.165) is 32.1 Å². The molecule has 0 radical (unpaired) electrons. The van der Waals surface area contributed by atoms with Gasteiger partial charge in [-0.1, -0.05) is 6.42 Å². The molecule has 1 heterocycles. The smallest absolute Gasteiger partial charge is 0.336 e. The van der Waals surface area contributed by atoms with Crippen molar-refractivity contribution >= 4 is 5.97 Å². The zero-order chi connectivity index (χ0) is 13.2. The van der Waals surface area contributed by atoms with Crippen molar-refractivity contribution in [2.45, 2.75) is 63.4 Å². The van der Waals surface area contributed by atoms with Gasteiger partial charge in [0.1, 0.15) is 0 Å². The Morgan fingerprint density at radius 1 is 1.22 bits per heavy atom. The fourth-order valence-corrected chi connectivity index (χ4v) is 3.02. The Labute approximate surface area is 107 Å². The highest BCUT2D eigenvalue weighted by molar-refractivity contribution is 5.77. The van der Waals surface area contributed by atoms with E-state index in [-0.39, 0.29) is 0 Å². The van der Waals surface area contributed by atoms with Crippen molar-refractivity contribution in [1.29, 1.82) is 0 Å². The largest absolute Gasteiger partial charge is 0.479 e. The molecule has 5 heteroatoms. The average molecular weight is 259 g/mol. The van der Waals surface area contributed by atoms with Gasteiger partial charge in [0.15, 0.2) is 5.60 Å². The van der Waals surface area contributed by atoms with Crippen molar-refractivity contribution in [3.63, 3.8) is 0 Å². The third kappa shape index (κ3) is 2.67. The molecule has 0 bridgehead atoms. The number of rotatable bonds is 4. The minimum Gasteiger partial charge on any atom is -0.479 e. The SMILES string of the molecule is CC(F)(OC1(C(=O)O)CCCCC1)N1CCCC1. The first-order valence-corrected chi connectivity index (χ1v) is 6.84. The van der Waals surface area contributed by atoms with Crippen LogP contribution < -0.4 is 0 Å². The molecule has 0 aromatic heterocycles. The van der Waals surface area contributed by atoms with Crippen LogP contribution in [-0.2, 0) is 9.53 Å². The first-order valence-electron chi connectivity index (χ1n) is 6.84. The number of likely N-dealkylation sites (tertiary alicyclic amines) is 1. The second-order valence-electron chi connectivity index (χ2n) is 5.53. The molecule has 104 valence electrons. The van der Waals surface area contributed by atoms with Gasteiger partial charge in [0, 0.05) is 20.0 Å². The van der Waals surface area contributed by atoms with Crippen molar-refractivity contribution in [3.05, 3.63) is 0 Å². The van der Waals surface area contributed by atoms with Gasteiger partial charge >= 0.3 is 5.97 Å². The molecule has 4 nitrogen and oxygen atoms in total. The van der Waals surface area contributed by atoms with Crippen LogP contribution in [0.1, 0.15) is 51.9 Å². The molecule has 0 aromatic carbocycles. The topological polar surface area (TPSA) is 49.8 Å². The van der Waals surface area contributed by atoms with E-state index in [2.05, 4.69) is 0 Å². The molecule has 1 aliphatic carbocycles. The summed E-state index contributed by atoms with van der Waals surface area (Å²) < 4.78 is 20.1. The second kappa shape index (κ2) is 5.13. The lowest BCUT2D eigenvalue weighted by Crippen LogP contribution is -2.54. The standard InChI is InChI=1S/C13H22FNO3/c1-12(14,15-9-5-6-10-15)18-13(11(16)17)7-3-2-4-8-13/h2-10H2,1H3,(H,16,17). The monoisotopic (exact) mass is 259 g/mol. The Balaban J connectivity index is 2.10. The molecule has 0 spiro atoms. The Kier molecular flexibility index (Phi) is 3.92. The summed E-state index contributed by atoms with van der Waals surface area (Å²) in [6, 6.07) is 0. The number of halogens is 1. The molecular weight excluding hydrogens is 237 g/mol. The zero-order valence-electron chi connectivity index (χ0n) is 11.0. The lowest BCUT2D eigenvalue weighted by atomic mass is 9.84. The number of hydrogen-bond donors (Lipinski definition) is 1. The summed E-state index contributed by atoms with van der Waals surface area (Å²) in [4.78, 5) is 13.1. The average Bonchev–Trinajstić information content (AvgIpc) is 2.83. The van der Waals surface area contributed by atoms with Gasteiger partial charge in [-0.3, -0.25) is 0 Å². The maximum atomic E-state index is 14.6. The van der Waals surface area contributed by atoms with Crippen LogP contribution in [-0.4, -0.2) is 40.6 Å². The lowest BCUT2D eigenvalue weighted by Gasteiger charge is -2.41. The molecule has 0 aromatic rings. The molecule has 1 unspecified atom stereocenters. The number of aliphatic carboxylic acids is 1. The van der Waals surface area contributed by atoms with Crippen molar-refractivity contribution in [3.8, 4) is 0 Å². The summed E-state index contributed by atoms with van der Waals surface area (Å²) in [5.41, 5.74) is -1.33. The summed E-state index contributed by atoms with van der Waals surface area (Å²) in [6.45, 7) is 2.63. The van der Waals surface area contributed by atoms with E-state index in [4.69, 9.17) is 4.74 Å². The molecule has 1 saturated heterocycles. The predicted octanol–water partition coefficient (Wildman–Crippen LogP) is 2.53. The third-order valence-electron chi connectivity index (χ3n) is 4.10. The minimum absolute atomic E-state index is 0.412. The number of carbonyl (C=O) groups is 1.